The highest BCUT2D eigenvalue weighted by Crippen LogP contribution is 2.48. The molecule has 3 aromatic rings. The number of allylic oxidation sites excluding steroid dienone is 1. The van der Waals surface area contributed by atoms with Gasteiger partial charge in [-0.3, -0.25) is 0 Å². The molecule has 4 unspecified atom stereocenters. The van der Waals surface area contributed by atoms with Crippen molar-refractivity contribution in [3.8, 4) is 16.9 Å². The Labute approximate surface area is 260 Å². The van der Waals surface area contributed by atoms with Crippen LogP contribution in [-0.4, -0.2) is 22.4 Å². The van der Waals surface area contributed by atoms with Crippen molar-refractivity contribution >= 4 is 26.5 Å². The van der Waals surface area contributed by atoms with E-state index in [-0.39, 0.29) is 5.75 Å². The van der Waals surface area contributed by atoms with Gasteiger partial charge in [-0.2, -0.15) is 0 Å². The van der Waals surface area contributed by atoms with Gasteiger partial charge in [0, 0.05) is 17.7 Å². The number of aromatic hydroxyl groups is 1. The van der Waals surface area contributed by atoms with Crippen molar-refractivity contribution in [2.75, 3.05) is 6.54 Å². The Morgan fingerprint density at radius 1 is 1.00 bits per heavy atom. The molecule has 1 aliphatic heterocycles. The molecule has 3 nitrogen and oxygen atoms in total. The van der Waals surface area contributed by atoms with E-state index in [0.29, 0.717) is 16.9 Å². The second kappa shape index (κ2) is 12.9. The average Bonchev–Trinajstić information content (AvgIpc) is 3.83. The topological polar surface area (TPSA) is 35.8 Å². The summed E-state index contributed by atoms with van der Waals surface area (Å²) in [5.74, 6) is 1.85. The van der Waals surface area contributed by atoms with Crippen molar-refractivity contribution in [2.45, 2.75) is 91.4 Å². The minimum atomic E-state index is -1.46. The lowest BCUT2D eigenvalue weighted by molar-refractivity contribution is 0.136. The van der Waals surface area contributed by atoms with Gasteiger partial charge in [0.25, 0.3) is 0 Å². The summed E-state index contributed by atoms with van der Waals surface area (Å²) >= 11 is 0. The van der Waals surface area contributed by atoms with Crippen LogP contribution in [0.5, 0.6) is 5.75 Å². The highest BCUT2D eigenvalue weighted by Gasteiger charge is 2.37. The Balaban J connectivity index is 0.00000180. The van der Waals surface area contributed by atoms with E-state index >= 15 is 0 Å². The summed E-state index contributed by atoms with van der Waals surface area (Å²) in [7, 11) is 2.30. The number of rotatable bonds is 7. The van der Waals surface area contributed by atoms with E-state index in [1.165, 1.54) is 55.4 Å². The number of phenolic OH excluding ortho intramolecular Hbond substituents is 1. The van der Waals surface area contributed by atoms with Gasteiger partial charge in [-0.25, -0.2) is 9.38 Å². The van der Waals surface area contributed by atoms with E-state index in [1.54, 1.807) is 19.1 Å². The number of halogens is 1. The first-order valence-electron chi connectivity index (χ1n) is 16.2. The van der Waals surface area contributed by atoms with Crippen LogP contribution in [0.25, 0.3) is 16.8 Å². The molecule has 2 aliphatic carbocycles. The summed E-state index contributed by atoms with van der Waals surface area (Å²) in [6, 6.07) is 21.8. The van der Waals surface area contributed by atoms with Gasteiger partial charge in [0.2, 0.25) is 0 Å². The lowest BCUT2D eigenvalue weighted by atomic mass is 9.68. The lowest BCUT2D eigenvalue weighted by Crippen LogP contribution is -2.39. The minimum absolute atomic E-state index is 0.274. The molecule has 2 saturated carbocycles. The fraction of sp³-hybridized carbons (Fsp3) is 0.447. The maximum atomic E-state index is 14.7. The van der Waals surface area contributed by atoms with Gasteiger partial charge in [0.05, 0.1) is 11.4 Å². The summed E-state index contributed by atoms with van der Waals surface area (Å²) in [6.45, 7) is 11.3. The highest BCUT2D eigenvalue weighted by atomic mass is 31.0. The highest BCUT2D eigenvalue weighted by molar-refractivity contribution is 7.18. The fourth-order valence-corrected chi connectivity index (χ4v) is 7.26. The molecule has 3 aliphatic rings. The van der Waals surface area contributed by atoms with E-state index in [1.807, 2.05) is 50.2 Å². The molecular formula is C38H48FN2OP. The van der Waals surface area contributed by atoms with E-state index in [2.05, 4.69) is 46.2 Å². The molecule has 2 fully saturated rings. The van der Waals surface area contributed by atoms with E-state index in [4.69, 9.17) is 4.99 Å². The number of fused-ring (bicyclic) bond motifs is 1. The zero-order valence-electron chi connectivity index (χ0n) is 26.6. The van der Waals surface area contributed by atoms with Crippen LogP contribution in [0.3, 0.4) is 0 Å². The average molecular weight is 599 g/mol. The smallest absolute Gasteiger partial charge is 0.145 e. The first-order valence-corrected chi connectivity index (χ1v) is 16.8. The second-order valence-corrected chi connectivity index (χ2v) is 14.0. The third-order valence-electron chi connectivity index (χ3n) is 9.22. The predicted octanol–water partition coefficient (Wildman–Crippen LogP) is 11.0. The molecule has 0 aromatic heterocycles. The maximum Gasteiger partial charge on any atom is 0.145 e. The number of alkyl halides is 1. The van der Waals surface area contributed by atoms with Crippen molar-refractivity contribution in [1.29, 1.82) is 0 Å². The number of hydrogen-bond donors (Lipinski definition) is 1. The predicted molar refractivity (Wildman–Crippen MR) is 184 cm³/mol. The molecule has 0 amide bonds. The lowest BCUT2D eigenvalue weighted by Gasteiger charge is -2.42. The van der Waals surface area contributed by atoms with Crippen LogP contribution < -0.4 is 0 Å². The molecule has 0 spiro atoms. The van der Waals surface area contributed by atoms with E-state index < -0.39 is 5.41 Å². The number of phenols is 1. The molecule has 1 heterocycles. The summed E-state index contributed by atoms with van der Waals surface area (Å²) in [6.07, 6.45) is 9.86. The molecular weight excluding hydrogens is 550 g/mol. The number of benzene rings is 3. The third-order valence-corrected chi connectivity index (χ3v) is 9.55. The Morgan fingerprint density at radius 3 is 2.28 bits per heavy atom. The van der Waals surface area contributed by atoms with Crippen molar-refractivity contribution in [3.05, 3.63) is 89.0 Å². The summed E-state index contributed by atoms with van der Waals surface area (Å²) in [5.41, 5.74) is 9.28. The minimum Gasteiger partial charge on any atom is -0.508 e. The molecule has 6 rings (SSSR count). The number of aliphatic imine (C=N–C) groups is 1. The van der Waals surface area contributed by atoms with E-state index in [0.717, 1.165) is 47.6 Å². The quantitative estimate of drug-likeness (QED) is 0.275. The monoisotopic (exact) mass is 598 g/mol. The molecule has 0 saturated heterocycles. The second-order valence-electron chi connectivity index (χ2n) is 13.0. The van der Waals surface area contributed by atoms with Crippen molar-refractivity contribution in [2.24, 2.45) is 16.3 Å². The van der Waals surface area contributed by atoms with Crippen LogP contribution in [0, 0.1) is 11.3 Å². The largest absolute Gasteiger partial charge is 0.508 e. The van der Waals surface area contributed by atoms with Gasteiger partial charge >= 0.3 is 0 Å². The Morgan fingerprint density at radius 2 is 1.65 bits per heavy atom. The van der Waals surface area contributed by atoms with Gasteiger partial charge in [-0.1, -0.05) is 92.2 Å². The van der Waals surface area contributed by atoms with Crippen LogP contribution in [0.2, 0.25) is 0 Å². The molecule has 0 bridgehead atoms. The maximum absolute atomic E-state index is 14.7. The Bertz CT molecular complexity index is 1480. The molecule has 4 atom stereocenters. The molecule has 43 heavy (non-hydrogen) atoms. The number of hydrogen-bond acceptors (Lipinski definition) is 3. The van der Waals surface area contributed by atoms with Crippen molar-refractivity contribution in [3.63, 3.8) is 0 Å². The molecule has 228 valence electrons. The van der Waals surface area contributed by atoms with E-state index in [9.17, 15) is 9.50 Å². The van der Waals surface area contributed by atoms with Crippen LogP contribution in [-0.2, 0) is 5.41 Å². The van der Waals surface area contributed by atoms with Gasteiger partial charge < -0.3 is 10.0 Å². The third kappa shape index (κ3) is 7.07. The zero-order valence-corrected chi connectivity index (χ0v) is 27.7. The normalized spacial score (nSPS) is 22.6. The van der Waals surface area contributed by atoms with Crippen LogP contribution in [0.15, 0.2) is 77.3 Å². The van der Waals surface area contributed by atoms with Crippen LogP contribution >= 0.6 is 9.24 Å². The molecule has 0 radical (unpaired) electrons. The fourth-order valence-electron chi connectivity index (χ4n) is 7.07. The SMILES string of the molecule is CC.CCCC1(C)CCCC(CN2C(c3ccc(C(C)(F)P)cc3)=Nc3ccc(-c4ccc(O)cc4)cc3C2=C2CC2)C1. The van der Waals surface area contributed by atoms with Crippen molar-refractivity contribution in [1.82, 2.24) is 4.90 Å². The standard InChI is InChI=1S/C36H42FN2OP.C2H6/c1-4-19-35(2)20-5-6-24(22-35)23-39-33(26-7-8-26)31-21-28(25-11-16-30(40)17-12-25)13-18-32(31)38-34(39)27-9-14-29(15-10-27)36(3,37)41;1-2/h9-18,21,24,40H,4-8,19-20,22-23,41H2,1-3H3;1-2H3. The molecule has 1 N–H and O–H groups in total. The molecule has 3 aromatic carbocycles. The first kappa shape index (κ1) is 31.5. The number of nitrogens with zero attached hydrogens (tertiary/aromatic N) is 2. The van der Waals surface area contributed by atoms with Gasteiger partial charge in [-0.05, 0) is 103 Å². The Kier molecular flexibility index (Phi) is 9.47. The summed E-state index contributed by atoms with van der Waals surface area (Å²) < 4.78 is 14.7. The van der Waals surface area contributed by atoms with Gasteiger partial charge in [0.15, 0.2) is 0 Å². The first-order chi connectivity index (χ1) is 20.6. The Hall–Kier alpha value is -2.97. The number of amidine groups is 1. The van der Waals surface area contributed by atoms with Gasteiger partial charge in [-0.15, -0.1) is 0 Å². The zero-order chi connectivity index (χ0) is 30.8. The van der Waals surface area contributed by atoms with Crippen molar-refractivity contribution < 1.29 is 9.50 Å². The van der Waals surface area contributed by atoms with Gasteiger partial charge in [0.1, 0.15) is 17.0 Å². The van der Waals surface area contributed by atoms with Crippen LogP contribution in [0.4, 0.5) is 10.1 Å². The molecule has 5 heteroatoms. The summed E-state index contributed by atoms with van der Waals surface area (Å²) in [5, 5.41) is 8.36. The summed E-state index contributed by atoms with van der Waals surface area (Å²) in [4.78, 5) is 7.82. The van der Waals surface area contributed by atoms with Crippen LogP contribution in [0.1, 0.15) is 103 Å².